The maximum Gasteiger partial charge on any atom is 0.163 e. The lowest BCUT2D eigenvalue weighted by Gasteiger charge is -2.12. The highest BCUT2D eigenvalue weighted by Crippen LogP contribution is 2.25. The Labute approximate surface area is 172 Å². The SMILES string of the molecule is Fc1cc(CNc2nc(-c3cccnc3)nc3ccccc23)ccc1-n1ccnc1. The van der Waals surface area contributed by atoms with Crippen molar-refractivity contribution in [2.45, 2.75) is 6.54 Å². The number of hydrogen-bond donors (Lipinski definition) is 1. The summed E-state index contributed by atoms with van der Waals surface area (Å²) in [4.78, 5) is 17.5. The number of para-hydroxylation sites is 1. The first-order valence-electron chi connectivity index (χ1n) is 9.46. The number of halogens is 1. The normalized spacial score (nSPS) is 11.0. The Hall–Kier alpha value is -4.13. The van der Waals surface area contributed by atoms with Gasteiger partial charge in [-0.05, 0) is 42.0 Å². The predicted molar refractivity (Wildman–Crippen MR) is 114 cm³/mol. The van der Waals surface area contributed by atoms with Crippen molar-refractivity contribution in [3.63, 3.8) is 0 Å². The summed E-state index contributed by atoms with van der Waals surface area (Å²) >= 11 is 0. The van der Waals surface area contributed by atoms with E-state index in [0.29, 0.717) is 23.9 Å². The molecule has 0 saturated heterocycles. The molecule has 7 heteroatoms. The topological polar surface area (TPSA) is 68.5 Å². The van der Waals surface area contributed by atoms with Crippen LogP contribution in [0, 0.1) is 5.82 Å². The van der Waals surface area contributed by atoms with Gasteiger partial charge in [-0.25, -0.2) is 19.3 Å². The second-order valence-electron chi connectivity index (χ2n) is 6.76. The van der Waals surface area contributed by atoms with Crippen LogP contribution in [-0.2, 0) is 6.54 Å². The van der Waals surface area contributed by atoms with Crippen molar-refractivity contribution in [3.8, 4) is 17.1 Å². The molecule has 0 spiro atoms. The third-order valence-corrected chi connectivity index (χ3v) is 4.78. The molecule has 146 valence electrons. The van der Waals surface area contributed by atoms with Gasteiger partial charge >= 0.3 is 0 Å². The summed E-state index contributed by atoms with van der Waals surface area (Å²) in [7, 11) is 0. The van der Waals surface area contributed by atoms with Crippen LogP contribution >= 0.6 is 0 Å². The molecule has 0 aliphatic carbocycles. The van der Waals surface area contributed by atoms with Crippen LogP contribution in [-0.4, -0.2) is 24.5 Å². The molecule has 0 amide bonds. The molecule has 3 aromatic heterocycles. The Morgan fingerprint density at radius 1 is 0.933 bits per heavy atom. The van der Waals surface area contributed by atoms with Crippen LogP contribution in [0.5, 0.6) is 0 Å². The number of anilines is 1. The number of imidazole rings is 1. The second kappa shape index (κ2) is 7.71. The molecular weight excluding hydrogens is 379 g/mol. The fraction of sp³-hybridized carbons (Fsp3) is 0.0435. The van der Waals surface area contributed by atoms with E-state index >= 15 is 0 Å². The smallest absolute Gasteiger partial charge is 0.163 e. The first kappa shape index (κ1) is 17.9. The number of nitrogens with zero attached hydrogens (tertiary/aromatic N) is 5. The average molecular weight is 396 g/mol. The molecule has 0 aliphatic rings. The zero-order chi connectivity index (χ0) is 20.3. The maximum atomic E-state index is 14.6. The van der Waals surface area contributed by atoms with Gasteiger partial charge in [-0.1, -0.05) is 18.2 Å². The summed E-state index contributed by atoms with van der Waals surface area (Å²) in [5, 5.41) is 4.24. The molecule has 0 atom stereocenters. The molecule has 2 aromatic carbocycles. The van der Waals surface area contributed by atoms with E-state index in [1.807, 2.05) is 42.5 Å². The van der Waals surface area contributed by atoms with Gasteiger partial charge in [0.25, 0.3) is 0 Å². The molecule has 30 heavy (non-hydrogen) atoms. The Balaban J connectivity index is 1.46. The lowest BCUT2D eigenvalue weighted by molar-refractivity contribution is 0.616. The van der Waals surface area contributed by atoms with Crippen molar-refractivity contribution in [2.24, 2.45) is 0 Å². The van der Waals surface area contributed by atoms with Gasteiger partial charge in [-0.15, -0.1) is 0 Å². The summed E-state index contributed by atoms with van der Waals surface area (Å²) in [6, 6.07) is 16.7. The van der Waals surface area contributed by atoms with Crippen molar-refractivity contribution in [1.29, 1.82) is 0 Å². The minimum atomic E-state index is -0.309. The monoisotopic (exact) mass is 396 g/mol. The van der Waals surface area contributed by atoms with Crippen LogP contribution in [0.15, 0.2) is 85.7 Å². The second-order valence-corrected chi connectivity index (χ2v) is 6.76. The van der Waals surface area contributed by atoms with Crippen molar-refractivity contribution < 1.29 is 4.39 Å². The maximum absolute atomic E-state index is 14.6. The molecule has 0 saturated carbocycles. The van der Waals surface area contributed by atoms with Crippen LogP contribution < -0.4 is 5.32 Å². The Bertz CT molecular complexity index is 1300. The number of pyridine rings is 1. The third-order valence-electron chi connectivity index (χ3n) is 4.78. The highest BCUT2D eigenvalue weighted by Gasteiger charge is 2.10. The number of aromatic nitrogens is 5. The number of benzene rings is 2. The van der Waals surface area contributed by atoms with E-state index in [0.717, 1.165) is 22.0 Å². The number of nitrogens with one attached hydrogen (secondary N) is 1. The van der Waals surface area contributed by atoms with Gasteiger partial charge in [0.15, 0.2) is 5.82 Å². The molecule has 0 fully saturated rings. The largest absolute Gasteiger partial charge is 0.365 e. The van der Waals surface area contributed by atoms with E-state index < -0.39 is 0 Å². The molecule has 5 aromatic rings. The van der Waals surface area contributed by atoms with Gasteiger partial charge in [0, 0.05) is 42.3 Å². The van der Waals surface area contributed by atoms with Crippen LogP contribution in [0.4, 0.5) is 10.2 Å². The first-order valence-corrected chi connectivity index (χ1v) is 9.46. The lowest BCUT2D eigenvalue weighted by atomic mass is 10.1. The van der Waals surface area contributed by atoms with E-state index in [9.17, 15) is 4.39 Å². The van der Waals surface area contributed by atoms with Gasteiger partial charge in [-0.2, -0.15) is 0 Å². The zero-order valence-electron chi connectivity index (χ0n) is 15.9. The van der Waals surface area contributed by atoms with Gasteiger partial charge in [-0.3, -0.25) is 4.98 Å². The molecule has 0 bridgehead atoms. The minimum absolute atomic E-state index is 0.309. The van der Waals surface area contributed by atoms with Crippen LogP contribution in [0.25, 0.3) is 28.0 Å². The average Bonchev–Trinajstić information content (AvgIpc) is 3.32. The fourth-order valence-corrected chi connectivity index (χ4v) is 3.29. The number of hydrogen-bond acceptors (Lipinski definition) is 5. The lowest BCUT2D eigenvalue weighted by Crippen LogP contribution is -2.05. The van der Waals surface area contributed by atoms with Crippen LogP contribution in [0.2, 0.25) is 0 Å². The summed E-state index contributed by atoms with van der Waals surface area (Å²) in [6.07, 6.45) is 8.35. The molecule has 0 unspecified atom stereocenters. The number of fused-ring (bicyclic) bond motifs is 1. The van der Waals surface area contributed by atoms with E-state index in [1.54, 1.807) is 41.7 Å². The van der Waals surface area contributed by atoms with E-state index in [1.165, 1.54) is 6.07 Å². The predicted octanol–water partition coefficient (Wildman–Crippen LogP) is 4.63. The fourth-order valence-electron chi connectivity index (χ4n) is 3.29. The van der Waals surface area contributed by atoms with Gasteiger partial charge in [0.1, 0.15) is 11.6 Å². The highest BCUT2D eigenvalue weighted by molar-refractivity contribution is 5.90. The summed E-state index contributed by atoms with van der Waals surface area (Å²) in [5.74, 6) is 0.973. The van der Waals surface area contributed by atoms with Crippen molar-refractivity contribution in [1.82, 2.24) is 24.5 Å². The number of rotatable bonds is 5. The molecule has 0 aliphatic heterocycles. The standard InChI is InChI=1S/C23H17FN6/c24-19-12-16(7-8-21(19)30-11-10-26-15-30)13-27-23-18-5-1-2-6-20(18)28-22(29-23)17-4-3-9-25-14-17/h1-12,14-15H,13H2,(H,27,28,29). The third kappa shape index (κ3) is 3.48. The van der Waals surface area contributed by atoms with E-state index in [2.05, 4.69) is 20.3 Å². The molecule has 5 rings (SSSR count). The van der Waals surface area contributed by atoms with E-state index in [-0.39, 0.29) is 5.82 Å². The van der Waals surface area contributed by atoms with Gasteiger partial charge < -0.3 is 9.88 Å². The highest BCUT2D eigenvalue weighted by atomic mass is 19.1. The minimum Gasteiger partial charge on any atom is -0.365 e. The Morgan fingerprint density at radius 2 is 1.87 bits per heavy atom. The van der Waals surface area contributed by atoms with E-state index in [4.69, 9.17) is 4.98 Å². The van der Waals surface area contributed by atoms with Gasteiger partial charge in [0.05, 0.1) is 17.5 Å². The first-order chi connectivity index (χ1) is 14.8. The molecular formula is C23H17FN6. The Morgan fingerprint density at radius 3 is 2.67 bits per heavy atom. The molecule has 0 radical (unpaired) electrons. The Kier molecular flexibility index (Phi) is 4.61. The summed E-state index contributed by atoms with van der Waals surface area (Å²) < 4.78 is 16.2. The zero-order valence-corrected chi connectivity index (χ0v) is 15.9. The van der Waals surface area contributed by atoms with Crippen LogP contribution in [0.3, 0.4) is 0 Å². The van der Waals surface area contributed by atoms with Crippen LogP contribution in [0.1, 0.15) is 5.56 Å². The van der Waals surface area contributed by atoms with Gasteiger partial charge in [0.2, 0.25) is 0 Å². The van der Waals surface area contributed by atoms with Crippen molar-refractivity contribution in [2.75, 3.05) is 5.32 Å². The van der Waals surface area contributed by atoms with Crippen molar-refractivity contribution >= 4 is 16.7 Å². The summed E-state index contributed by atoms with van der Waals surface area (Å²) in [6.45, 7) is 0.425. The van der Waals surface area contributed by atoms with Crippen molar-refractivity contribution in [3.05, 3.63) is 97.1 Å². The molecule has 1 N–H and O–H groups in total. The summed E-state index contributed by atoms with van der Waals surface area (Å²) in [5.41, 5.74) is 2.93. The molecule has 3 heterocycles. The quantitative estimate of drug-likeness (QED) is 0.469. The molecule has 6 nitrogen and oxygen atoms in total.